The molecule has 19 heavy (non-hydrogen) atoms. The fraction of sp³-hybridized carbons (Fsp3) is 0.933. The predicted molar refractivity (Wildman–Crippen MR) is 76.0 cm³/mol. The molecule has 1 atom stereocenters. The number of carbonyl (C=O) groups is 1. The van der Waals surface area contributed by atoms with E-state index >= 15 is 0 Å². The van der Waals surface area contributed by atoms with E-state index in [1.165, 1.54) is 45.9 Å². The van der Waals surface area contributed by atoms with Gasteiger partial charge in [0.25, 0.3) is 0 Å². The van der Waals surface area contributed by atoms with Crippen LogP contribution in [-0.2, 0) is 9.53 Å². The van der Waals surface area contributed by atoms with Crippen molar-refractivity contribution < 1.29 is 9.53 Å². The second-order valence-corrected chi connectivity index (χ2v) is 6.47. The smallest absolute Gasteiger partial charge is 0.325 e. The highest BCUT2D eigenvalue weighted by Crippen LogP contribution is 2.34. The zero-order valence-electron chi connectivity index (χ0n) is 12.6. The summed E-state index contributed by atoms with van der Waals surface area (Å²) in [7, 11) is 3.30. The van der Waals surface area contributed by atoms with Gasteiger partial charge in [0.2, 0.25) is 0 Å². The summed E-state index contributed by atoms with van der Waals surface area (Å²) in [6.07, 6.45) is 6.38. The largest absolute Gasteiger partial charge is 0.468 e. The Labute approximate surface area is 116 Å². The molecule has 0 aliphatic heterocycles. The summed E-state index contributed by atoms with van der Waals surface area (Å²) in [5, 5.41) is 3.12. The van der Waals surface area contributed by atoms with Crippen molar-refractivity contribution in [2.75, 3.05) is 33.8 Å². The Bertz CT molecular complexity index is 299. The van der Waals surface area contributed by atoms with Gasteiger partial charge in [0.15, 0.2) is 0 Å². The summed E-state index contributed by atoms with van der Waals surface area (Å²) in [5.74, 6) is 1.67. The molecule has 0 bridgehead atoms. The quantitative estimate of drug-likeness (QED) is 0.646. The van der Waals surface area contributed by atoms with E-state index in [-0.39, 0.29) is 5.97 Å². The fourth-order valence-electron chi connectivity index (χ4n) is 2.52. The van der Waals surface area contributed by atoms with Crippen molar-refractivity contribution in [3.05, 3.63) is 0 Å². The van der Waals surface area contributed by atoms with Gasteiger partial charge in [0, 0.05) is 19.6 Å². The maximum Gasteiger partial charge on any atom is 0.325 e. The first-order valence-electron chi connectivity index (χ1n) is 7.57. The molecule has 0 aromatic carbocycles. The van der Waals surface area contributed by atoms with Crippen LogP contribution in [0.25, 0.3) is 0 Å². The van der Waals surface area contributed by atoms with E-state index in [9.17, 15) is 4.79 Å². The molecule has 0 amide bonds. The van der Waals surface area contributed by atoms with Gasteiger partial charge in [-0.3, -0.25) is 4.79 Å². The van der Waals surface area contributed by atoms with Crippen LogP contribution < -0.4 is 5.32 Å². The average Bonchev–Trinajstić information content (AvgIpc) is 3.30. The van der Waals surface area contributed by atoms with Gasteiger partial charge in [-0.15, -0.1) is 0 Å². The molecule has 2 fully saturated rings. The first-order valence-corrected chi connectivity index (χ1v) is 7.57. The minimum Gasteiger partial charge on any atom is -0.468 e. The molecule has 2 rings (SSSR count). The van der Waals surface area contributed by atoms with E-state index in [2.05, 4.69) is 10.2 Å². The summed E-state index contributed by atoms with van der Waals surface area (Å²) in [5.41, 5.74) is -0.555. The number of nitrogens with one attached hydrogen (secondary N) is 1. The summed E-state index contributed by atoms with van der Waals surface area (Å²) in [6, 6.07) is 0. The number of nitrogens with zero attached hydrogens (tertiary/aromatic N) is 1. The second kappa shape index (κ2) is 6.23. The van der Waals surface area contributed by atoms with Crippen LogP contribution in [0.3, 0.4) is 0 Å². The SMILES string of the molecule is CNC(C)(CCN(CC1CC1)CC1CC1)C(=O)OC. The van der Waals surface area contributed by atoms with E-state index in [0.29, 0.717) is 0 Å². The van der Waals surface area contributed by atoms with Crippen molar-refractivity contribution in [1.82, 2.24) is 10.2 Å². The van der Waals surface area contributed by atoms with Crippen LogP contribution in [0.2, 0.25) is 0 Å². The Morgan fingerprint density at radius 3 is 2.16 bits per heavy atom. The number of likely N-dealkylation sites (N-methyl/N-ethyl adjacent to an activating group) is 1. The molecule has 0 aromatic rings. The van der Waals surface area contributed by atoms with Crippen molar-refractivity contribution in [3.63, 3.8) is 0 Å². The van der Waals surface area contributed by atoms with Gasteiger partial charge in [-0.05, 0) is 57.9 Å². The number of hydrogen-bond acceptors (Lipinski definition) is 4. The number of carbonyl (C=O) groups excluding carboxylic acids is 1. The molecular weight excluding hydrogens is 240 g/mol. The van der Waals surface area contributed by atoms with E-state index in [1.54, 1.807) is 0 Å². The normalized spacial score (nSPS) is 22.3. The van der Waals surface area contributed by atoms with Crippen LogP contribution in [0.5, 0.6) is 0 Å². The topological polar surface area (TPSA) is 41.6 Å². The third kappa shape index (κ3) is 4.46. The van der Waals surface area contributed by atoms with E-state index in [4.69, 9.17) is 4.74 Å². The lowest BCUT2D eigenvalue weighted by atomic mass is 9.97. The van der Waals surface area contributed by atoms with Crippen LogP contribution in [-0.4, -0.2) is 50.2 Å². The maximum atomic E-state index is 11.8. The molecule has 2 aliphatic carbocycles. The molecule has 0 heterocycles. The molecule has 0 radical (unpaired) electrons. The number of esters is 1. The minimum absolute atomic E-state index is 0.159. The molecule has 4 heteroatoms. The van der Waals surface area contributed by atoms with Crippen molar-refractivity contribution >= 4 is 5.97 Å². The highest BCUT2D eigenvalue weighted by atomic mass is 16.5. The monoisotopic (exact) mass is 268 g/mol. The molecule has 2 aliphatic rings. The molecule has 1 N–H and O–H groups in total. The van der Waals surface area contributed by atoms with Gasteiger partial charge < -0.3 is 15.0 Å². The van der Waals surface area contributed by atoms with Crippen molar-refractivity contribution in [2.24, 2.45) is 11.8 Å². The lowest BCUT2D eigenvalue weighted by molar-refractivity contribution is -0.148. The fourth-order valence-corrected chi connectivity index (χ4v) is 2.52. The van der Waals surface area contributed by atoms with Crippen molar-refractivity contribution in [3.8, 4) is 0 Å². The number of hydrogen-bond donors (Lipinski definition) is 1. The Kier molecular flexibility index (Phi) is 4.85. The first kappa shape index (κ1) is 14.8. The van der Waals surface area contributed by atoms with Crippen LogP contribution in [0.4, 0.5) is 0 Å². The third-order valence-electron chi connectivity index (χ3n) is 4.54. The van der Waals surface area contributed by atoms with Gasteiger partial charge in [-0.1, -0.05) is 0 Å². The van der Waals surface area contributed by atoms with Gasteiger partial charge in [-0.2, -0.15) is 0 Å². The second-order valence-electron chi connectivity index (χ2n) is 6.47. The standard InChI is InChI=1S/C15H28N2O2/c1-15(16-2,14(18)19-3)8-9-17(10-12-4-5-12)11-13-6-7-13/h12-13,16H,4-11H2,1-3H3. The zero-order valence-corrected chi connectivity index (χ0v) is 12.6. The van der Waals surface area contributed by atoms with Crippen LogP contribution in [0.15, 0.2) is 0 Å². The van der Waals surface area contributed by atoms with E-state index in [1.807, 2.05) is 14.0 Å². The molecule has 2 saturated carbocycles. The predicted octanol–water partition coefficient (Wildman–Crippen LogP) is 1.65. The molecule has 1 unspecified atom stereocenters. The van der Waals surface area contributed by atoms with Crippen LogP contribution in [0.1, 0.15) is 39.0 Å². The van der Waals surface area contributed by atoms with E-state index in [0.717, 1.165) is 24.8 Å². The zero-order chi connectivity index (χ0) is 13.9. The van der Waals surface area contributed by atoms with Crippen LogP contribution in [0, 0.1) is 11.8 Å². The molecule has 0 spiro atoms. The molecule has 0 saturated heterocycles. The minimum atomic E-state index is -0.555. The molecule has 0 aromatic heterocycles. The van der Waals surface area contributed by atoms with Gasteiger partial charge in [-0.25, -0.2) is 0 Å². The van der Waals surface area contributed by atoms with Crippen LogP contribution >= 0.6 is 0 Å². The number of rotatable bonds is 9. The Hall–Kier alpha value is -0.610. The number of methoxy groups -OCH3 is 1. The first-order chi connectivity index (χ1) is 9.07. The summed E-state index contributed by atoms with van der Waals surface area (Å²) in [6.45, 7) is 5.36. The van der Waals surface area contributed by atoms with Gasteiger partial charge in [0.05, 0.1) is 7.11 Å². The van der Waals surface area contributed by atoms with Gasteiger partial charge in [0.1, 0.15) is 5.54 Å². The average molecular weight is 268 g/mol. The van der Waals surface area contributed by atoms with Crippen molar-refractivity contribution in [1.29, 1.82) is 0 Å². The Morgan fingerprint density at radius 1 is 1.26 bits per heavy atom. The van der Waals surface area contributed by atoms with Crippen molar-refractivity contribution in [2.45, 2.75) is 44.6 Å². The highest BCUT2D eigenvalue weighted by Gasteiger charge is 2.34. The molecule has 4 nitrogen and oxygen atoms in total. The Morgan fingerprint density at radius 2 is 1.79 bits per heavy atom. The maximum absolute atomic E-state index is 11.8. The summed E-state index contributed by atoms with van der Waals surface area (Å²) in [4.78, 5) is 14.4. The molecule has 110 valence electrons. The number of ether oxygens (including phenoxy) is 1. The summed E-state index contributed by atoms with van der Waals surface area (Å²) < 4.78 is 4.91. The van der Waals surface area contributed by atoms with Gasteiger partial charge >= 0.3 is 5.97 Å². The molecular formula is C15H28N2O2. The lowest BCUT2D eigenvalue weighted by Gasteiger charge is -2.30. The lowest BCUT2D eigenvalue weighted by Crippen LogP contribution is -2.50. The summed E-state index contributed by atoms with van der Waals surface area (Å²) >= 11 is 0. The highest BCUT2D eigenvalue weighted by molar-refractivity contribution is 5.80. The third-order valence-corrected chi connectivity index (χ3v) is 4.54. The van der Waals surface area contributed by atoms with E-state index < -0.39 is 5.54 Å². The Balaban J connectivity index is 1.82.